The number of ether oxygens (including phenoxy) is 2. The van der Waals surface area contributed by atoms with Gasteiger partial charge in [0.05, 0.1) is 23.1 Å². The van der Waals surface area contributed by atoms with Gasteiger partial charge in [0.25, 0.3) is 5.69 Å². The first-order valence-corrected chi connectivity index (χ1v) is 7.07. The van der Waals surface area contributed by atoms with E-state index < -0.39 is 4.92 Å². The van der Waals surface area contributed by atoms with Crippen molar-refractivity contribution in [2.45, 2.75) is 6.61 Å². The highest BCUT2D eigenvalue weighted by molar-refractivity contribution is 9.10. The van der Waals surface area contributed by atoms with Crippen molar-refractivity contribution in [3.05, 3.63) is 61.6 Å². The van der Waals surface area contributed by atoms with E-state index in [0.717, 1.165) is 10.0 Å². The number of benzene rings is 2. The fraction of sp³-hybridized carbons (Fsp3) is 0.143. The predicted octanol–water partition coefficient (Wildman–Crippen LogP) is 4.60. The van der Waals surface area contributed by atoms with Crippen LogP contribution in [0.1, 0.15) is 5.56 Å². The molecule has 0 aliphatic rings. The second kappa shape index (κ2) is 6.78. The molecule has 0 aliphatic heterocycles. The van der Waals surface area contributed by atoms with Crippen molar-refractivity contribution in [1.29, 1.82) is 0 Å². The van der Waals surface area contributed by atoms with Gasteiger partial charge in [-0.05, 0) is 24.3 Å². The Balaban J connectivity index is 2.22. The molecule has 2 aromatic carbocycles. The third-order valence-corrected chi connectivity index (χ3v) is 3.56. The molecule has 0 fully saturated rings. The van der Waals surface area contributed by atoms with Crippen LogP contribution < -0.4 is 9.47 Å². The fourth-order valence-corrected chi connectivity index (χ4v) is 2.31. The first-order chi connectivity index (χ1) is 10.0. The second-order valence-corrected chi connectivity index (χ2v) is 5.44. The van der Waals surface area contributed by atoms with Crippen LogP contribution in [0.25, 0.3) is 0 Å². The first kappa shape index (κ1) is 15.6. The zero-order chi connectivity index (χ0) is 15.4. The van der Waals surface area contributed by atoms with Gasteiger partial charge in [0.15, 0.2) is 0 Å². The number of hydrogen-bond acceptors (Lipinski definition) is 4. The maximum Gasteiger partial charge on any atom is 0.273 e. The lowest BCUT2D eigenvalue weighted by atomic mass is 10.2. The molecule has 7 heteroatoms. The number of nitrogens with zero attached hydrogens (tertiary/aromatic N) is 1. The smallest absolute Gasteiger partial charge is 0.273 e. The molecule has 0 aliphatic carbocycles. The minimum Gasteiger partial charge on any atom is -0.496 e. The van der Waals surface area contributed by atoms with Gasteiger partial charge in [-0.25, -0.2) is 0 Å². The Hall–Kier alpha value is -1.79. The Morgan fingerprint density at radius 3 is 2.67 bits per heavy atom. The Kier molecular flexibility index (Phi) is 5.03. The summed E-state index contributed by atoms with van der Waals surface area (Å²) in [4.78, 5) is 10.3. The number of nitro groups is 1. The summed E-state index contributed by atoms with van der Waals surface area (Å²) < 4.78 is 11.7. The van der Waals surface area contributed by atoms with E-state index in [4.69, 9.17) is 21.1 Å². The number of nitro benzene ring substituents is 1. The van der Waals surface area contributed by atoms with Crippen molar-refractivity contribution >= 4 is 33.2 Å². The molecule has 0 atom stereocenters. The minimum atomic E-state index is -0.497. The molecule has 0 bridgehead atoms. The average molecular weight is 373 g/mol. The van der Waals surface area contributed by atoms with Crippen molar-refractivity contribution in [3.8, 4) is 11.5 Å². The van der Waals surface area contributed by atoms with Gasteiger partial charge in [0.2, 0.25) is 0 Å². The molecule has 0 unspecified atom stereocenters. The van der Waals surface area contributed by atoms with E-state index in [1.807, 2.05) is 12.1 Å². The van der Waals surface area contributed by atoms with Gasteiger partial charge < -0.3 is 9.47 Å². The van der Waals surface area contributed by atoms with E-state index in [1.165, 1.54) is 18.2 Å². The summed E-state index contributed by atoms with van der Waals surface area (Å²) in [6.45, 7) is 0.184. The average Bonchev–Trinajstić information content (AvgIpc) is 2.46. The summed E-state index contributed by atoms with van der Waals surface area (Å²) in [5.41, 5.74) is 0.727. The van der Waals surface area contributed by atoms with E-state index >= 15 is 0 Å². The van der Waals surface area contributed by atoms with Crippen LogP contribution in [-0.4, -0.2) is 12.0 Å². The van der Waals surface area contributed by atoms with Crippen LogP contribution in [-0.2, 0) is 6.61 Å². The molecule has 0 N–H and O–H groups in total. The van der Waals surface area contributed by atoms with E-state index in [1.54, 1.807) is 13.2 Å². The quantitative estimate of drug-likeness (QED) is 0.568. The maximum absolute atomic E-state index is 10.8. The first-order valence-electron chi connectivity index (χ1n) is 5.90. The van der Waals surface area contributed by atoms with Crippen LogP contribution in [0, 0.1) is 10.1 Å². The van der Waals surface area contributed by atoms with Crippen molar-refractivity contribution in [1.82, 2.24) is 0 Å². The van der Waals surface area contributed by atoms with Crippen LogP contribution in [0.15, 0.2) is 40.9 Å². The Morgan fingerprint density at radius 2 is 2.00 bits per heavy atom. The summed E-state index contributed by atoms with van der Waals surface area (Å²) in [6, 6.07) is 9.57. The van der Waals surface area contributed by atoms with Crippen LogP contribution in [0.4, 0.5) is 5.69 Å². The normalized spacial score (nSPS) is 10.2. The van der Waals surface area contributed by atoms with Crippen molar-refractivity contribution in [2.75, 3.05) is 7.11 Å². The lowest BCUT2D eigenvalue weighted by Crippen LogP contribution is -2.00. The highest BCUT2D eigenvalue weighted by Gasteiger charge is 2.12. The molecule has 110 valence electrons. The molecule has 0 spiro atoms. The maximum atomic E-state index is 10.8. The van der Waals surface area contributed by atoms with Gasteiger partial charge in [0, 0.05) is 16.1 Å². The third-order valence-electron chi connectivity index (χ3n) is 2.75. The van der Waals surface area contributed by atoms with Crippen LogP contribution in [0.3, 0.4) is 0 Å². The SMILES string of the molecule is COc1ccc(Br)cc1COc1cc([N+](=O)[O-])ccc1Cl. The Bertz CT molecular complexity index is 678. The molecule has 0 aromatic heterocycles. The van der Waals surface area contributed by atoms with Gasteiger partial charge in [-0.2, -0.15) is 0 Å². The van der Waals surface area contributed by atoms with Crippen LogP contribution >= 0.6 is 27.5 Å². The summed E-state index contributed by atoms with van der Waals surface area (Å²) >= 11 is 9.35. The van der Waals surface area contributed by atoms with Crippen LogP contribution in [0.5, 0.6) is 11.5 Å². The Labute approximate surface area is 134 Å². The van der Waals surface area contributed by atoms with Crippen molar-refractivity contribution in [2.24, 2.45) is 0 Å². The molecular weight excluding hydrogens is 362 g/mol. The standard InChI is InChI=1S/C14H11BrClNO4/c1-20-13-5-2-10(15)6-9(13)8-21-14-7-11(17(18)19)3-4-12(14)16/h2-7H,8H2,1H3. The van der Waals surface area contributed by atoms with Gasteiger partial charge in [-0.15, -0.1) is 0 Å². The van der Waals surface area contributed by atoms with E-state index in [-0.39, 0.29) is 18.0 Å². The summed E-state index contributed by atoms with van der Waals surface area (Å²) in [6.07, 6.45) is 0. The molecular formula is C14H11BrClNO4. The van der Waals surface area contributed by atoms with Crippen molar-refractivity contribution in [3.63, 3.8) is 0 Å². The topological polar surface area (TPSA) is 61.6 Å². The fourth-order valence-electron chi connectivity index (χ4n) is 1.73. The molecule has 2 rings (SSSR count). The largest absolute Gasteiger partial charge is 0.496 e. The van der Waals surface area contributed by atoms with E-state index in [0.29, 0.717) is 10.8 Å². The van der Waals surface area contributed by atoms with Crippen molar-refractivity contribution < 1.29 is 14.4 Å². The molecule has 5 nitrogen and oxygen atoms in total. The molecule has 0 radical (unpaired) electrons. The molecule has 0 saturated carbocycles. The van der Waals surface area contributed by atoms with Gasteiger partial charge in [-0.3, -0.25) is 10.1 Å². The predicted molar refractivity (Wildman–Crippen MR) is 83.1 cm³/mol. The number of rotatable bonds is 5. The number of non-ortho nitro benzene ring substituents is 1. The second-order valence-electron chi connectivity index (χ2n) is 4.12. The molecule has 0 saturated heterocycles. The number of methoxy groups -OCH3 is 1. The highest BCUT2D eigenvalue weighted by Crippen LogP contribution is 2.31. The monoisotopic (exact) mass is 371 g/mol. The zero-order valence-corrected chi connectivity index (χ0v) is 13.3. The number of halogens is 2. The number of hydrogen-bond donors (Lipinski definition) is 0. The summed E-state index contributed by atoms with van der Waals surface area (Å²) in [5, 5.41) is 11.1. The molecule has 21 heavy (non-hydrogen) atoms. The lowest BCUT2D eigenvalue weighted by Gasteiger charge is -2.11. The zero-order valence-electron chi connectivity index (χ0n) is 11.0. The van der Waals surface area contributed by atoms with E-state index in [2.05, 4.69) is 15.9 Å². The highest BCUT2D eigenvalue weighted by atomic mass is 79.9. The summed E-state index contributed by atoms with van der Waals surface area (Å²) in [5.74, 6) is 0.924. The molecule has 0 amide bonds. The molecule has 2 aromatic rings. The summed E-state index contributed by atoms with van der Waals surface area (Å²) in [7, 11) is 1.56. The van der Waals surface area contributed by atoms with Gasteiger partial charge in [0.1, 0.15) is 18.1 Å². The Morgan fingerprint density at radius 1 is 1.24 bits per heavy atom. The van der Waals surface area contributed by atoms with Gasteiger partial charge >= 0.3 is 0 Å². The van der Waals surface area contributed by atoms with Gasteiger partial charge in [-0.1, -0.05) is 27.5 Å². The minimum absolute atomic E-state index is 0.0735. The van der Waals surface area contributed by atoms with Crippen LogP contribution in [0.2, 0.25) is 5.02 Å². The third kappa shape index (κ3) is 3.86. The lowest BCUT2D eigenvalue weighted by molar-refractivity contribution is -0.384. The molecule has 0 heterocycles. The van der Waals surface area contributed by atoms with E-state index in [9.17, 15) is 10.1 Å².